The first-order valence-electron chi connectivity index (χ1n) is 8.86. The summed E-state index contributed by atoms with van der Waals surface area (Å²) in [4.78, 5) is 18.7. The Morgan fingerprint density at radius 1 is 1.37 bits per heavy atom. The van der Waals surface area contributed by atoms with Gasteiger partial charge in [-0.1, -0.05) is 24.6 Å². The summed E-state index contributed by atoms with van der Waals surface area (Å²) in [6.07, 6.45) is 1.87. The van der Waals surface area contributed by atoms with Crippen LogP contribution in [-0.2, 0) is 0 Å². The first-order chi connectivity index (χ1) is 13.0. The van der Waals surface area contributed by atoms with Gasteiger partial charge in [0, 0.05) is 7.97 Å². The van der Waals surface area contributed by atoms with E-state index in [0.29, 0.717) is 36.0 Å². The SMILES string of the molecule is Cc1ccc2c(c1)C(=O)Nc1cccc(n1)C(=N)N(C=N)CC[C@H](C)CO2.[HH]. The molecule has 3 rings (SSSR count). The molecule has 0 saturated heterocycles. The Morgan fingerprint density at radius 2 is 2.19 bits per heavy atom. The van der Waals surface area contributed by atoms with Crippen LogP contribution in [0.4, 0.5) is 5.82 Å². The average Bonchev–Trinajstić information content (AvgIpc) is 2.66. The first-order valence-corrected chi connectivity index (χ1v) is 8.86. The monoisotopic (exact) mass is 367 g/mol. The van der Waals surface area contributed by atoms with Gasteiger partial charge >= 0.3 is 0 Å². The molecule has 0 fully saturated rings. The quantitative estimate of drug-likeness (QED) is 0.530. The van der Waals surface area contributed by atoms with Crippen LogP contribution >= 0.6 is 0 Å². The van der Waals surface area contributed by atoms with Crippen molar-refractivity contribution in [3.05, 3.63) is 53.2 Å². The molecule has 0 spiro atoms. The highest BCUT2D eigenvalue weighted by molar-refractivity contribution is 6.06. The normalized spacial score (nSPS) is 18.0. The second-order valence-electron chi connectivity index (χ2n) is 6.74. The van der Waals surface area contributed by atoms with Crippen molar-refractivity contribution in [3.63, 3.8) is 0 Å². The Labute approximate surface area is 159 Å². The number of nitrogens with zero attached hydrogens (tertiary/aromatic N) is 2. The highest BCUT2D eigenvalue weighted by Gasteiger charge is 2.18. The number of carbonyl (C=O) groups is 1. The molecule has 2 aromatic rings. The number of pyridine rings is 1. The summed E-state index contributed by atoms with van der Waals surface area (Å²) in [6, 6.07) is 10.6. The van der Waals surface area contributed by atoms with Crippen LogP contribution in [0.3, 0.4) is 0 Å². The molecule has 0 radical (unpaired) electrons. The molecule has 1 aliphatic rings. The van der Waals surface area contributed by atoms with E-state index in [0.717, 1.165) is 18.3 Å². The maximum Gasteiger partial charge on any atom is 0.260 e. The van der Waals surface area contributed by atoms with Crippen LogP contribution in [0.5, 0.6) is 5.75 Å². The Kier molecular flexibility index (Phi) is 5.49. The van der Waals surface area contributed by atoms with Gasteiger partial charge in [-0.25, -0.2) is 4.98 Å². The van der Waals surface area contributed by atoms with E-state index in [1.54, 1.807) is 24.3 Å². The van der Waals surface area contributed by atoms with Crippen molar-refractivity contribution in [3.8, 4) is 5.75 Å². The van der Waals surface area contributed by atoms with Crippen molar-refractivity contribution >= 4 is 23.9 Å². The number of aryl methyl sites for hydroxylation is 1. The highest BCUT2D eigenvalue weighted by Crippen LogP contribution is 2.23. The van der Waals surface area contributed by atoms with Crippen LogP contribution in [0.25, 0.3) is 0 Å². The lowest BCUT2D eigenvalue weighted by molar-refractivity contribution is 0.102. The van der Waals surface area contributed by atoms with Crippen molar-refractivity contribution < 1.29 is 11.0 Å². The lowest BCUT2D eigenvalue weighted by Crippen LogP contribution is -2.32. The number of hydrogen-bond acceptors (Lipinski definition) is 5. The zero-order valence-electron chi connectivity index (χ0n) is 15.5. The van der Waals surface area contributed by atoms with Crippen LogP contribution in [-0.4, -0.2) is 41.1 Å². The lowest BCUT2D eigenvalue weighted by atomic mass is 10.1. The summed E-state index contributed by atoms with van der Waals surface area (Å²) in [5, 5.41) is 18.7. The Morgan fingerprint density at radius 3 is 2.96 bits per heavy atom. The molecule has 27 heavy (non-hydrogen) atoms. The van der Waals surface area contributed by atoms with Gasteiger partial charge in [0.05, 0.1) is 18.5 Å². The topological polar surface area (TPSA) is 102 Å². The molecule has 7 heteroatoms. The number of ether oxygens (including phenoxy) is 1. The Balaban J connectivity index is 0.00000280. The van der Waals surface area contributed by atoms with E-state index in [1.807, 2.05) is 26.0 Å². The minimum absolute atomic E-state index is 0. The minimum Gasteiger partial charge on any atom is -0.492 e. The number of amides is 1. The van der Waals surface area contributed by atoms with Crippen LogP contribution in [0.15, 0.2) is 36.4 Å². The zero-order chi connectivity index (χ0) is 19.4. The molecule has 0 unspecified atom stereocenters. The van der Waals surface area contributed by atoms with E-state index < -0.39 is 0 Å². The minimum atomic E-state index is -0.307. The molecule has 1 amide bonds. The van der Waals surface area contributed by atoms with Crippen LogP contribution in [0.2, 0.25) is 0 Å². The van der Waals surface area contributed by atoms with E-state index in [2.05, 4.69) is 10.3 Å². The lowest BCUT2D eigenvalue weighted by Gasteiger charge is -2.23. The van der Waals surface area contributed by atoms with Gasteiger partial charge in [0.15, 0.2) is 5.84 Å². The van der Waals surface area contributed by atoms with E-state index in [-0.39, 0.29) is 19.1 Å². The molecule has 1 aliphatic heterocycles. The molecule has 1 atom stereocenters. The predicted octanol–water partition coefficient (Wildman–Crippen LogP) is 3.54. The number of amidine groups is 1. The number of hydrogen-bond donors (Lipinski definition) is 3. The molecule has 2 bridgehead atoms. The third-order valence-corrected chi connectivity index (χ3v) is 4.44. The van der Waals surface area contributed by atoms with Crippen molar-refractivity contribution in [2.45, 2.75) is 20.3 Å². The summed E-state index contributed by atoms with van der Waals surface area (Å²) in [5.74, 6) is 0.903. The number of benzene rings is 1. The van der Waals surface area contributed by atoms with Gasteiger partial charge in [0.2, 0.25) is 0 Å². The van der Waals surface area contributed by atoms with Gasteiger partial charge in [-0.3, -0.25) is 15.6 Å². The summed E-state index contributed by atoms with van der Waals surface area (Å²) in [7, 11) is 0. The molecule has 1 aromatic carbocycles. The summed E-state index contributed by atoms with van der Waals surface area (Å²) in [5.41, 5.74) is 1.83. The largest absolute Gasteiger partial charge is 0.492 e. The van der Waals surface area contributed by atoms with Crippen LogP contribution in [0.1, 0.15) is 36.4 Å². The highest BCUT2D eigenvalue weighted by atomic mass is 16.5. The molecule has 0 saturated carbocycles. The molecule has 1 aromatic heterocycles. The fraction of sp³-hybridized carbons (Fsp3) is 0.300. The third kappa shape index (κ3) is 4.31. The summed E-state index contributed by atoms with van der Waals surface area (Å²) < 4.78 is 5.91. The number of anilines is 1. The molecule has 0 aliphatic carbocycles. The molecular formula is C20H25N5O2. The second-order valence-corrected chi connectivity index (χ2v) is 6.74. The van der Waals surface area contributed by atoms with Crippen LogP contribution < -0.4 is 10.1 Å². The molecule has 142 valence electrons. The van der Waals surface area contributed by atoms with Crippen molar-refractivity contribution in [2.75, 3.05) is 18.5 Å². The number of aromatic nitrogens is 1. The van der Waals surface area contributed by atoms with Crippen LogP contribution in [0, 0.1) is 23.7 Å². The number of fused-ring (bicyclic) bond motifs is 3. The fourth-order valence-electron chi connectivity index (χ4n) is 2.83. The Bertz CT molecular complexity index is 887. The predicted molar refractivity (Wildman–Crippen MR) is 107 cm³/mol. The number of rotatable bonds is 1. The molecule has 3 N–H and O–H groups in total. The molecule has 2 heterocycles. The number of nitrogens with one attached hydrogen (secondary N) is 3. The van der Waals surface area contributed by atoms with Gasteiger partial charge in [0.1, 0.15) is 17.3 Å². The van der Waals surface area contributed by atoms with E-state index in [9.17, 15) is 4.79 Å². The standard InChI is InChI=1S/C20H23N5O2.H2/c1-13-6-7-17-15(10-13)20(26)24-18-5-3-4-16(23-18)19(22)25(12-21)9-8-14(2)11-27-17;/h3-7,10,12,14,21-22H,8-9,11H2,1-2H3,(H,23,24,26);1H/t14-;/m0./s1. The van der Waals surface area contributed by atoms with Gasteiger partial charge in [-0.2, -0.15) is 0 Å². The first kappa shape index (κ1) is 18.6. The van der Waals surface area contributed by atoms with E-state index >= 15 is 0 Å². The fourth-order valence-corrected chi connectivity index (χ4v) is 2.83. The second kappa shape index (κ2) is 7.99. The smallest absolute Gasteiger partial charge is 0.260 e. The molecular weight excluding hydrogens is 342 g/mol. The van der Waals surface area contributed by atoms with E-state index in [1.165, 1.54) is 4.90 Å². The van der Waals surface area contributed by atoms with Crippen molar-refractivity contribution in [2.24, 2.45) is 5.92 Å². The maximum absolute atomic E-state index is 12.8. The van der Waals surface area contributed by atoms with Gasteiger partial charge < -0.3 is 15.0 Å². The third-order valence-electron chi connectivity index (χ3n) is 4.44. The van der Waals surface area contributed by atoms with Crippen molar-refractivity contribution in [1.29, 1.82) is 10.8 Å². The summed E-state index contributed by atoms with van der Waals surface area (Å²) in [6.45, 7) is 4.94. The van der Waals surface area contributed by atoms with Gasteiger partial charge in [-0.15, -0.1) is 0 Å². The van der Waals surface area contributed by atoms with Gasteiger partial charge in [-0.05, 0) is 43.5 Å². The van der Waals surface area contributed by atoms with E-state index in [4.69, 9.17) is 15.6 Å². The number of carbonyl (C=O) groups excluding carboxylic acids is 1. The summed E-state index contributed by atoms with van der Waals surface area (Å²) >= 11 is 0. The van der Waals surface area contributed by atoms with Gasteiger partial charge in [0.25, 0.3) is 5.91 Å². The average molecular weight is 367 g/mol. The molecule has 7 nitrogen and oxygen atoms in total. The zero-order valence-corrected chi connectivity index (χ0v) is 15.5. The van der Waals surface area contributed by atoms with Crippen molar-refractivity contribution in [1.82, 2.24) is 9.88 Å². The maximum atomic E-state index is 12.8. The Hall–Kier alpha value is -3.22.